The van der Waals surface area contributed by atoms with Crippen LogP contribution >= 0.6 is 0 Å². The molecule has 1 atom stereocenters. The van der Waals surface area contributed by atoms with Crippen LogP contribution in [0.25, 0.3) is 0 Å². The Kier molecular flexibility index (Phi) is 5.76. The number of likely N-dealkylation sites (N-methyl/N-ethyl adjacent to an activating group) is 1. The van der Waals surface area contributed by atoms with Crippen LogP contribution in [0.4, 0.5) is 0 Å². The second kappa shape index (κ2) is 7.93. The Morgan fingerprint density at radius 2 is 1.86 bits per heavy atom. The molecule has 2 heterocycles. The summed E-state index contributed by atoms with van der Waals surface area (Å²) in [4.78, 5) is 39.8. The summed E-state index contributed by atoms with van der Waals surface area (Å²) in [6, 6.07) is 1.63. The van der Waals surface area contributed by atoms with Gasteiger partial charge in [-0.15, -0.1) is 0 Å². The Hall–Kier alpha value is -2.38. The second-order valence-electron chi connectivity index (χ2n) is 8.50. The fourth-order valence-electron chi connectivity index (χ4n) is 3.94. The topological polar surface area (TPSA) is 96.3 Å². The van der Waals surface area contributed by atoms with Gasteiger partial charge in [0.25, 0.3) is 11.8 Å². The van der Waals surface area contributed by atoms with E-state index in [1.54, 1.807) is 14.0 Å². The minimum atomic E-state index is -1.05. The molecule has 0 bridgehead atoms. The normalized spacial score (nSPS) is 23.3. The highest BCUT2D eigenvalue weighted by molar-refractivity contribution is 6.01. The number of nitrogens with one attached hydrogen (secondary N) is 2. The van der Waals surface area contributed by atoms with Gasteiger partial charge in [0, 0.05) is 25.2 Å². The lowest BCUT2D eigenvalue weighted by Gasteiger charge is -2.41. The standard InChI is InChI=1S/C20H31N5O3/c1-13(2)21-17(26)15-11-16-18(27)24(4)20(3,12-25(16)23-15)19(28)22-14-9-7-5-6-8-10-14/h11,13-14H,5-10,12H2,1-4H3,(H,21,26)(H,22,28)/t20-/m0/s1. The van der Waals surface area contributed by atoms with E-state index in [4.69, 9.17) is 0 Å². The van der Waals surface area contributed by atoms with Crippen LogP contribution < -0.4 is 10.6 Å². The van der Waals surface area contributed by atoms with Gasteiger partial charge in [-0.2, -0.15) is 5.10 Å². The second-order valence-corrected chi connectivity index (χ2v) is 8.50. The first-order chi connectivity index (χ1) is 13.2. The van der Waals surface area contributed by atoms with E-state index in [9.17, 15) is 14.4 Å². The Morgan fingerprint density at radius 1 is 1.21 bits per heavy atom. The molecule has 0 radical (unpaired) electrons. The van der Waals surface area contributed by atoms with Crippen molar-refractivity contribution in [1.29, 1.82) is 0 Å². The molecule has 8 heteroatoms. The summed E-state index contributed by atoms with van der Waals surface area (Å²) in [6.45, 7) is 5.71. The molecule has 0 spiro atoms. The molecule has 1 aliphatic carbocycles. The average Bonchev–Trinajstić information content (AvgIpc) is 2.88. The summed E-state index contributed by atoms with van der Waals surface area (Å²) in [5.41, 5.74) is -0.524. The van der Waals surface area contributed by atoms with E-state index >= 15 is 0 Å². The van der Waals surface area contributed by atoms with Crippen LogP contribution in [0.5, 0.6) is 0 Å². The summed E-state index contributed by atoms with van der Waals surface area (Å²) in [6.07, 6.45) is 6.61. The maximum absolute atomic E-state index is 13.1. The lowest BCUT2D eigenvalue weighted by Crippen LogP contribution is -2.63. The van der Waals surface area contributed by atoms with Crippen LogP contribution in [0.3, 0.4) is 0 Å². The summed E-state index contributed by atoms with van der Waals surface area (Å²) >= 11 is 0. The molecule has 0 aromatic carbocycles. The van der Waals surface area contributed by atoms with Gasteiger partial charge in [-0.1, -0.05) is 25.7 Å². The molecular weight excluding hydrogens is 358 g/mol. The van der Waals surface area contributed by atoms with Gasteiger partial charge in [0.15, 0.2) is 5.69 Å². The molecule has 3 rings (SSSR count). The van der Waals surface area contributed by atoms with Gasteiger partial charge in [-0.25, -0.2) is 0 Å². The van der Waals surface area contributed by atoms with Crippen molar-refractivity contribution < 1.29 is 14.4 Å². The molecule has 1 saturated carbocycles. The highest BCUT2D eigenvalue weighted by Crippen LogP contribution is 2.27. The van der Waals surface area contributed by atoms with Gasteiger partial charge in [-0.3, -0.25) is 19.1 Å². The average molecular weight is 390 g/mol. The zero-order chi connectivity index (χ0) is 20.5. The van der Waals surface area contributed by atoms with Gasteiger partial charge < -0.3 is 15.5 Å². The monoisotopic (exact) mass is 389 g/mol. The van der Waals surface area contributed by atoms with Crippen LogP contribution in [0.1, 0.15) is 80.3 Å². The van der Waals surface area contributed by atoms with Gasteiger partial charge in [0.2, 0.25) is 5.91 Å². The predicted octanol–water partition coefficient (Wildman–Crippen LogP) is 1.70. The molecule has 3 amide bonds. The van der Waals surface area contributed by atoms with Crippen molar-refractivity contribution in [2.45, 2.75) is 83.5 Å². The molecule has 1 aromatic rings. The number of carbonyl (C=O) groups is 3. The molecule has 0 saturated heterocycles. The van der Waals surface area contributed by atoms with E-state index in [0.29, 0.717) is 5.69 Å². The SMILES string of the molecule is CC(C)NC(=O)c1cc2n(n1)C[C@@](C)(C(=O)NC1CCCCCC1)N(C)C2=O. The number of fused-ring (bicyclic) bond motifs is 1. The van der Waals surface area contributed by atoms with Crippen molar-refractivity contribution in [3.05, 3.63) is 17.5 Å². The molecule has 2 N–H and O–H groups in total. The number of hydrogen-bond acceptors (Lipinski definition) is 4. The minimum Gasteiger partial charge on any atom is -0.351 e. The Morgan fingerprint density at radius 3 is 2.46 bits per heavy atom. The fourth-order valence-corrected chi connectivity index (χ4v) is 3.94. The number of rotatable bonds is 4. The zero-order valence-electron chi connectivity index (χ0n) is 17.2. The van der Waals surface area contributed by atoms with Crippen molar-refractivity contribution in [3.8, 4) is 0 Å². The number of hydrogen-bond donors (Lipinski definition) is 2. The third kappa shape index (κ3) is 3.91. The molecule has 8 nitrogen and oxygen atoms in total. The summed E-state index contributed by atoms with van der Waals surface area (Å²) in [7, 11) is 1.64. The first-order valence-electron chi connectivity index (χ1n) is 10.2. The molecule has 154 valence electrons. The van der Waals surface area contributed by atoms with Crippen molar-refractivity contribution in [3.63, 3.8) is 0 Å². The highest BCUT2D eigenvalue weighted by atomic mass is 16.2. The number of carbonyl (C=O) groups excluding carboxylic acids is 3. The highest BCUT2D eigenvalue weighted by Gasteiger charge is 2.46. The largest absolute Gasteiger partial charge is 0.351 e. The third-order valence-corrected chi connectivity index (χ3v) is 5.83. The van der Waals surface area contributed by atoms with Crippen LogP contribution in [0.2, 0.25) is 0 Å². The first-order valence-corrected chi connectivity index (χ1v) is 10.2. The van der Waals surface area contributed by atoms with E-state index in [0.717, 1.165) is 25.7 Å². The van der Waals surface area contributed by atoms with Crippen LogP contribution in [-0.2, 0) is 11.3 Å². The van der Waals surface area contributed by atoms with Gasteiger partial charge in [0.1, 0.15) is 11.2 Å². The molecular formula is C20H31N5O3. The third-order valence-electron chi connectivity index (χ3n) is 5.83. The summed E-state index contributed by atoms with van der Waals surface area (Å²) < 4.78 is 1.49. The summed E-state index contributed by atoms with van der Waals surface area (Å²) in [5.74, 6) is -0.789. The van der Waals surface area contributed by atoms with Crippen molar-refractivity contribution in [1.82, 2.24) is 25.3 Å². The fraction of sp³-hybridized carbons (Fsp3) is 0.700. The van der Waals surface area contributed by atoms with E-state index < -0.39 is 5.54 Å². The van der Waals surface area contributed by atoms with Crippen molar-refractivity contribution in [2.75, 3.05) is 7.05 Å². The van der Waals surface area contributed by atoms with Crippen LogP contribution in [0, 0.1) is 0 Å². The predicted molar refractivity (Wildman–Crippen MR) is 105 cm³/mol. The molecule has 1 fully saturated rings. The van der Waals surface area contributed by atoms with Gasteiger partial charge >= 0.3 is 0 Å². The van der Waals surface area contributed by atoms with Gasteiger partial charge in [0.05, 0.1) is 6.54 Å². The van der Waals surface area contributed by atoms with Crippen LogP contribution in [0.15, 0.2) is 6.07 Å². The maximum atomic E-state index is 13.1. The Balaban J connectivity index is 1.80. The van der Waals surface area contributed by atoms with Crippen molar-refractivity contribution >= 4 is 17.7 Å². The molecule has 28 heavy (non-hydrogen) atoms. The smallest absolute Gasteiger partial charge is 0.272 e. The minimum absolute atomic E-state index is 0.0276. The van der Waals surface area contributed by atoms with E-state index in [2.05, 4.69) is 15.7 Å². The lowest BCUT2D eigenvalue weighted by atomic mass is 9.95. The molecule has 1 aliphatic heterocycles. The van der Waals surface area contributed by atoms with Crippen LogP contribution in [-0.4, -0.2) is 57.1 Å². The van der Waals surface area contributed by atoms with E-state index in [1.807, 2.05) is 13.8 Å². The Bertz CT molecular complexity index is 764. The maximum Gasteiger partial charge on any atom is 0.272 e. The Labute approximate surface area is 166 Å². The number of aromatic nitrogens is 2. The van der Waals surface area contributed by atoms with E-state index in [1.165, 1.54) is 28.5 Å². The quantitative estimate of drug-likeness (QED) is 0.766. The zero-order valence-corrected chi connectivity index (χ0v) is 17.2. The molecule has 1 aromatic heterocycles. The number of nitrogens with zero attached hydrogens (tertiary/aromatic N) is 3. The molecule has 0 unspecified atom stereocenters. The van der Waals surface area contributed by atoms with Gasteiger partial charge in [-0.05, 0) is 33.6 Å². The lowest BCUT2D eigenvalue weighted by molar-refractivity contribution is -0.133. The first kappa shape index (κ1) is 20.4. The summed E-state index contributed by atoms with van der Waals surface area (Å²) in [5, 5.41) is 10.2. The number of amides is 3. The van der Waals surface area contributed by atoms with E-state index in [-0.39, 0.29) is 42.0 Å². The van der Waals surface area contributed by atoms with Crippen molar-refractivity contribution in [2.24, 2.45) is 0 Å². The molecule has 2 aliphatic rings.